The lowest BCUT2D eigenvalue weighted by Crippen LogP contribution is -2.20. The predicted molar refractivity (Wildman–Crippen MR) is 144 cm³/mol. The van der Waals surface area contributed by atoms with Gasteiger partial charge in [-0.1, -0.05) is 16.8 Å². The number of aryl methyl sites for hydroxylation is 3. The molecule has 1 aliphatic rings. The van der Waals surface area contributed by atoms with E-state index in [2.05, 4.69) is 22.3 Å². The van der Waals surface area contributed by atoms with Crippen LogP contribution >= 0.6 is 11.6 Å². The summed E-state index contributed by atoms with van der Waals surface area (Å²) >= 11 is 6.70. The lowest BCUT2D eigenvalue weighted by Gasteiger charge is -2.22. The summed E-state index contributed by atoms with van der Waals surface area (Å²) in [4.78, 5) is 12.3. The third-order valence-electron chi connectivity index (χ3n) is 6.94. The molecule has 5 rings (SSSR count). The first kappa shape index (κ1) is 25.2. The molecule has 0 saturated heterocycles. The number of fused-ring (bicyclic) bond motifs is 1. The van der Waals surface area contributed by atoms with Gasteiger partial charge in [-0.25, -0.2) is 9.97 Å². The van der Waals surface area contributed by atoms with E-state index in [0.29, 0.717) is 35.3 Å². The summed E-state index contributed by atoms with van der Waals surface area (Å²) in [6, 6.07) is 5.63. The van der Waals surface area contributed by atoms with Gasteiger partial charge in [-0.05, 0) is 65.9 Å². The van der Waals surface area contributed by atoms with Crippen LogP contribution in [0.25, 0.3) is 22.6 Å². The Morgan fingerprint density at radius 2 is 1.95 bits per heavy atom. The van der Waals surface area contributed by atoms with Crippen molar-refractivity contribution in [2.45, 2.75) is 47.2 Å². The van der Waals surface area contributed by atoms with E-state index in [-0.39, 0.29) is 0 Å². The molecule has 0 saturated carbocycles. The highest BCUT2D eigenvalue weighted by atomic mass is 35.5. The van der Waals surface area contributed by atoms with Crippen molar-refractivity contribution in [2.75, 3.05) is 25.1 Å². The number of aromatic nitrogens is 5. The van der Waals surface area contributed by atoms with Gasteiger partial charge in [0.1, 0.15) is 17.3 Å². The molecule has 0 atom stereocenters. The summed E-state index contributed by atoms with van der Waals surface area (Å²) in [5.74, 6) is 2.82. The van der Waals surface area contributed by atoms with Gasteiger partial charge in [-0.15, -0.1) is 0 Å². The van der Waals surface area contributed by atoms with Gasteiger partial charge in [-0.2, -0.15) is 5.10 Å². The maximum absolute atomic E-state index is 6.70. The van der Waals surface area contributed by atoms with E-state index < -0.39 is 0 Å². The maximum atomic E-state index is 6.70. The lowest BCUT2D eigenvalue weighted by molar-refractivity contribution is 0.310. The fraction of sp³-hybridized carbons (Fsp3) is 0.407. The molecule has 1 aromatic carbocycles. The molecule has 9 nitrogen and oxygen atoms in total. The third kappa shape index (κ3) is 4.69. The first-order chi connectivity index (χ1) is 17.8. The molecule has 4 aromatic rings. The molecule has 0 amide bonds. The minimum Gasteiger partial charge on any atom is -0.494 e. The van der Waals surface area contributed by atoms with Crippen LogP contribution in [0.3, 0.4) is 0 Å². The number of halogens is 1. The van der Waals surface area contributed by atoms with Crippen molar-refractivity contribution in [2.24, 2.45) is 7.05 Å². The van der Waals surface area contributed by atoms with Crippen LogP contribution < -0.4 is 15.0 Å². The van der Waals surface area contributed by atoms with Crippen molar-refractivity contribution in [1.82, 2.24) is 30.2 Å². The maximum Gasteiger partial charge on any atom is 0.163 e. The van der Waals surface area contributed by atoms with Gasteiger partial charge in [0.05, 0.1) is 40.8 Å². The first-order valence-electron chi connectivity index (χ1n) is 12.4. The highest BCUT2D eigenvalue weighted by Crippen LogP contribution is 2.39. The molecule has 10 heteroatoms. The predicted octanol–water partition coefficient (Wildman–Crippen LogP) is 4.93. The molecule has 194 valence electrons. The lowest BCUT2D eigenvalue weighted by atomic mass is 10.0. The quantitative estimate of drug-likeness (QED) is 0.326. The number of hydrogen-bond acceptors (Lipinski definition) is 8. The van der Waals surface area contributed by atoms with E-state index in [1.165, 1.54) is 11.3 Å². The van der Waals surface area contributed by atoms with Crippen molar-refractivity contribution < 1.29 is 9.26 Å². The second-order valence-electron chi connectivity index (χ2n) is 9.48. The largest absolute Gasteiger partial charge is 0.494 e. The van der Waals surface area contributed by atoms with Crippen LogP contribution in [0.15, 0.2) is 22.7 Å². The molecule has 0 spiro atoms. The molecule has 3 aromatic heterocycles. The molecular weight excluding hydrogens is 490 g/mol. The van der Waals surface area contributed by atoms with Crippen LogP contribution in [-0.2, 0) is 20.1 Å². The smallest absolute Gasteiger partial charge is 0.163 e. The third-order valence-corrected chi connectivity index (χ3v) is 7.27. The molecule has 37 heavy (non-hydrogen) atoms. The van der Waals surface area contributed by atoms with Crippen LogP contribution in [-0.4, -0.2) is 45.1 Å². The minimum atomic E-state index is 0.531. The van der Waals surface area contributed by atoms with Crippen LogP contribution in [0, 0.1) is 27.7 Å². The van der Waals surface area contributed by atoms with Gasteiger partial charge in [0.2, 0.25) is 0 Å². The van der Waals surface area contributed by atoms with Gasteiger partial charge in [-0.3, -0.25) is 4.68 Å². The first-order valence-corrected chi connectivity index (χ1v) is 12.8. The van der Waals surface area contributed by atoms with Crippen LogP contribution in [0.5, 0.6) is 5.75 Å². The Bertz CT molecular complexity index is 1440. The van der Waals surface area contributed by atoms with E-state index in [1.54, 1.807) is 0 Å². The molecular formula is C27H32ClN7O2. The van der Waals surface area contributed by atoms with Gasteiger partial charge in [0.25, 0.3) is 0 Å². The Balaban J connectivity index is 1.60. The summed E-state index contributed by atoms with van der Waals surface area (Å²) in [6.45, 7) is 10.9. The van der Waals surface area contributed by atoms with Crippen molar-refractivity contribution in [3.05, 3.63) is 57.2 Å². The summed E-state index contributed by atoms with van der Waals surface area (Å²) in [5, 5.41) is 12.6. The van der Waals surface area contributed by atoms with E-state index >= 15 is 0 Å². The molecule has 0 radical (unpaired) electrons. The van der Waals surface area contributed by atoms with Gasteiger partial charge in [0, 0.05) is 36.0 Å². The van der Waals surface area contributed by atoms with Gasteiger partial charge >= 0.3 is 0 Å². The summed E-state index contributed by atoms with van der Waals surface area (Å²) in [7, 11) is 3.91. The van der Waals surface area contributed by atoms with Crippen molar-refractivity contribution in [1.29, 1.82) is 0 Å². The second-order valence-corrected chi connectivity index (χ2v) is 9.89. The number of rotatable bonds is 8. The number of nitrogens with zero attached hydrogens (tertiary/aromatic N) is 6. The number of hydrogen-bond donors (Lipinski definition) is 1. The Labute approximate surface area is 221 Å². The summed E-state index contributed by atoms with van der Waals surface area (Å²) in [6.07, 6.45) is 0.902. The standard InChI is InChI=1S/C27H32ClN7O2/c1-15-25(24-16(2)33-37-18(24)4)30-26(20-12-19(8-9-22(20)28)36-11-7-10-29-5)31-27(15)35-13-21-17(3)34(6)32-23(21)14-35/h8-9,12,29H,7,10-11,13-14H2,1-6H3. The zero-order valence-electron chi connectivity index (χ0n) is 22.1. The fourth-order valence-electron chi connectivity index (χ4n) is 4.83. The number of ether oxygens (including phenoxy) is 1. The Morgan fingerprint density at radius 1 is 1.14 bits per heavy atom. The SMILES string of the molecule is CNCCCOc1ccc(Cl)c(-c2nc(-c3c(C)noc3C)c(C)c(N3Cc4nn(C)c(C)c4C3)n2)c1. The minimum absolute atomic E-state index is 0.531. The van der Waals surface area contributed by atoms with E-state index in [4.69, 9.17) is 35.9 Å². The molecule has 1 aliphatic heterocycles. The molecule has 1 N–H and O–H groups in total. The van der Waals surface area contributed by atoms with Crippen molar-refractivity contribution in [3.8, 4) is 28.4 Å². The molecule has 0 bridgehead atoms. The number of benzene rings is 1. The molecule has 0 unspecified atom stereocenters. The van der Waals surface area contributed by atoms with Crippen molar-refractivity contribution in [3.63, 3.8) is 0 Å². The van der Waals surface area contributed by atoms with E-state index in [0.717, 1.165) is 59.3 Å². The Kier molecular flexibility index (Phi) is 6.92. The van der Waals surface area contributed by atoms with Crippen molar-refractivity contribution >= 4 is 17.4 Å². The van der Waals surface area contributed by atoms with Crippen LogP contribution in [0.2, 0.25) is 5.02 Å². The molecule has 4 heterocycles. The fourth-order valence-corrected chi connectivity index (χ4v) is 5.03. The van der Waals surface area contributed by atoms with E-state index in [1.807, 2.05) is 57.7 Å². The van der Waals surface area contributed by atoms with Gasteiger partial charge in [0.15, 0.2) is 5.82 Å². The Hall–Kier alpha value is -3.43. The van der Waals surface area contributed by atoms with Crippen LogP contribution in [0.1, 0.15) is 40.4 Å². The second kappa shape index (κ2) is 10.1. The number of nitrogens with one attached hydrogen (secondary N) is 1. The zero-order chi connectivity index (χ0) is 26.3. The topological polar surface area (TPSA) is 94.1 Å². The average molecular weight is 522 g/mol. The number of anilines is 1. The molecule has 0 fully saturated rings. The zero-order valence-corrected chi connectivity index (χ0v) is 22.9. The normalized spacial score (nSPS) is 12.9. The van der Waals surface area contributed by atoms with E-state index in [9.17, 15) is 0 Å². The van der Waals surface area contributed by atoms with Gasteiger partial charge < -0.3 is 19.5 Å². The average Bonchev–Trinajstić information content (AvgIpc) is 3.52. The Morgan fingerprint density at radius 3 is 2.65 bits per heavy atom. The highest BCUT2D eigenvalue weighted by Gasteiger charge is 2.30. The summed E-state index contributed by atoms with van der Waals surface area (Å²) < 4.78 is 13.4. The monoisotopic (exact) mass is 521 g/mol. The van der Waals surface area contributed by atoms with Crippen LogP contribution in [0.4, 0.5) is 5.82 Å². The highest BCUT2D eigenvalue weighted by molar-refractivity contribution is 6.33. The molecule has 0 aliphatic carbocycles. The summed E-state index contributed by atoms with van der Waals surface area (Å²) in [5.41, 5.74) is 7.62.